The van der Waals surface area contributed by atoms with Crippen molar-refractivity contribution >= 4 is 43.5 Å². The SMILES string of the molecule is CC(C)[C@@H](C)NC(=O)CN1CCN(S(=O)(=O)c2ccc(Br)cc2Cl)CC1. The van der Waals surface area contributed by atoms with E-state index in [-0.39, 0.29) is 28.4 Å². The summed E-state index contributed by atoms with van der Waals surface area (Å²) in [6.07, 6.45) is 0. The van der Waals surface area contributed by atoms with Crippen molar-refractivity contribution in [3.05, 3.63) is 27.7 Å². The van der Waals surface area contributed by atoms with Gasteiger partial charge in [0, 0.05) is 36.7 Å². The first-order chi connectivity index (χ1) is 12.1. The van der Waals surface area contributed by atoms with Crippen molar-refractivity contribution in [1.82, 2.24) is 14.5 Å². The zero-order chi connectivity index (χ0) is 19.5. The number of hydrogen-bond acceptors (Lipinski definition) is 4. The number of carbonyl (C=O) groups excluding carboxylic acids is 1. The molecule has 1 aromatic carbocycles. The second kappa shape index (κ2) is 9.01. The number of nitrogens with one attached hydrogen (secondary N) is 1. The van der Waals surface area contributed by atoms with E-state index in [0.29, 0.717) is 32.1 Å². The van der Waals surface area contributed by atoms with Crippen molar-refractivity contribution in [3.63, 3.8) is 0 Å². The number of halogens is 2. The molecule has 1 saturated heterocycles. The zero-order valence-corrected chi connectivity index (χ0v) is 18.4. The molecule has 0 bridgehead atoms. The van der Waals surface area contributed by atoms with Crippen LogP contribution >= 0.6 is 27.5 Å². The molecular weight excluding hydrogens is 442 g/mol. The number of amides is 1. The van der Waals surface area contributed by atoms with Gasteiger partial charge in [-0.15, -0.1) is 0 Å². The van der Waals surface area contributed by atoms with Crippen LogP contribution < -0.4 is 5.32 Å². The third-order valence-electron chi connectivity index (χ3n) is 4.60. The molecule has 0 aliphatic carbocycles. The second-order valence-corrected chi connectivity index (χ2v) is 10.1. The first-order valence-electron chi connectivity index (χ1n) is 8.58. The summed E-state index contributed by atoms with van der Waals surface area (Å²) >= 11 is 9.38. The Morgan fingerprint density at radius 1 is 1.23 bits per heavy atom. The van der Waals surface area contributed by atoms with Crippen molar-refractivity contribution in [2.45, 2.75) is 31.7 Å². The monoisotopic (exact) mass is 465 g/mol. The summed E-state index contributed by atoms with van der Waals surface area (Å²) < 4.78 is 27.7. The summed E-state index contributed by atoms with van der Waals surface area (Å²) in [6.45, 7) is 8.07. The standard InChI is InChI=1S/C17H25BrClN3O3S/c1-12(2)13(3)20-17(23)11-21-6-8-22(9-7-21)26(24,25)16-5-4-14(18)10-15(16)19/h4-5,10,12-13H,6-9,11H2,1-3H3,(H,20,23)/t13-/m1/s1. The fourth-order valence-corrected chi connectivity index (χ4v) is 5.05. The van der Waals surface area contributed by atoms with Crippen molar-refractivity contribution < 1.29 is 13.2 Å². The molecule has 26 heavy (non-hydrogen) atoms. The van der Waals surface area contributed by atoms with Crippen LogP contribution in [0.5, 0.6) is 0 Å². The Morgan fingerprint density at radius 3 is 2.38 bits per heavy atom. The van der Waals surface area contributed by atoms with Gasteiger partial charge in [0.05, 0.1) is 11.6 Å². The predicted octanol–water partition coefficient (Wildman–Crippen LogP) is 2.57. The van der Waals surface area contributed by atoms with Gasteiger partial charge in [0.1, 0.15) is 4.90 Å². The maximum atomic E-state index is 12.8. The molecule has 0 radical (unpaired) electrons. The summed E-state index contributed by atoms with van der Waals surface area (Å²) in [5.74, 6) is 0.343. The maximum absolute atomic E-state index is 12.8. The quantitative estimate of drug-likeness (QED) is 0.699. The second-order valence-electron chi connectivity index (χ2n) is 6.86. The lowest BCUT2D eigenvalue weighted by atomic mass is 10.1. The Labute approximate surface area is 169 Å². The van der Waals surface area contributed by atoms with Crippen LogP contribution in [0.4, 0.5) is 0 Å². The first kappa shape index (κ1) is 21.6. The average Bonchev–Trinajstić information content (AvgIpc) is 2.54. The summed E-state index contributed by atoms with van der Waals surface area (Å²) in [5, 5.41) is 3.17. The van der Waals surface area contributed by atoms with Crippen LogP contribution in [0.1, 0.15) is 20.8 Å². The molecule has 1 atom stereocenters. The van der Waals surface area contributed by atoms with Gasteiger partial charge in [-0.3, -0.25) is 9.69 Å². The summed E-state index contributed by atoms with van der Waals surface area (Å²) in [5.41, 5.74) is 0. The number of benzene rings is 1. The fraction of sp³-hybridized carbons (Fsp3) is 0.588. The van der Waals surface area contributed by atoms with Crippen LogP contribution in [0.15, 0.2) is 27.6 Å². The van der Waals surface area contributed by atoms with E-state index >= 15 is 0 Å². The van der Waals surface area contributed by atoms with Crippen molar-refractivity contribution in [3.8, 4) is 0 Å². The van der Waals surface area contributed by atoms with E-state index in [1.165, 1.54) is 10.4 Å². The molecule has 6 nitrogen and oxygen atoms in total. The molecule has 1 aromatic rings. The predicted molar refractivity (Wildman–Crippen MR) is 107 cm³/mol. The van der Waals surface area contributed by atoms with E-state index in [2.05, 4.69) is 35.1 Å². The molecule has 1 heterocycles. The Balaban J connectivity index is 1.94. The van der Waals surface area contributed by atoms with Crippen LogP contribution in [0.3, 0.4) is 0 Å². The van der Waals surface area contributed by atoms with E-state index in [1.54, 1.807) is 12.1 Å². The van der Waals surface area contributed by atoms with Crippen LogP contribution in [-0.2, 0) is 14.8 Å². The Bertz CT molecular complexity index is 750. The van der Waals surface area contributed by atoms with Gasteiger partial charge in [0.25, 0.3) is 0 Å². The molecule has 0 aromatic heterocycles. The third kappa shape index (κ3) is 5.42. The fourth-order valence-electron chi connectivity index (χ4n) is 2.62. The molecule has 0 spiro atoms. The first-order valence-corrected chi connectivity index (χ1v) is 11.2. The van der Waals surface area contributed by atoms with Gasteiger partial charge < -0.3 is 5.32 Å². The van der Waals surface area contributed by atoms with Crippen LogP contribution in [0.25, 0.3) is 0 Å². The molecule has 1 fully saturated rings. The summed E-state index contributed by atoms with van der Waals surface area (Å²) in [6, 6.07) is 4.86. The van der Waals surface area contributed by atoms with Crippen LogP contribution in [0, 0.1) is 5.92 Å². The van der Waals surface area contributed by atoms with Gasteiger partial charge in [0.15, 0.2) is 0 Å². The number of carbonyl (C=O) groups is 1. The number of piperazine rings is 1. The van der Waals surface area contributed by atoms with Crippen molar-refractivity contribution in [2.24, 2.45) is 5.92 Å². The van der Waals surface area contributed by atoms with E-state index in [0.717, 1.165) is 4.47 Å². The van der Waals surface area contributed by atoms with E-state index in [1.807, 2.05) is 11.8 Å². The Morgan fingerprint density at radius 2 is 1.85 bits per heavy atom. The molecule has 0 unspecified atom stereocenters. The number of sulfonamides is 1. The minimum absolute atomic E-state index is 0.0292. The molecule has 1 amide bonds. The topological polar surface area (TPSA) is 69.7 Å². The molecule has 1 aliphatic heterocycles. The highest BCUT2D eigenvalue weighted by molar-refractivity contribution is 9.10. The Kier molecular flexibility index (Phi) is 7.50. The van der Waals surface area contributed by atoms with Gasteiger partial charge in [-0.1, -0.05) is 41.4 Å². The third-order valence-corrected chi connectivity index (χ3v) is 7.47. The highest BCUT2D eigenvalue weighted by atomic mass is 79.9. The average molecular weight is 467 g/mol. The molecule has 9 heteroatoms. The maximum Gasteiger partial charge on any atom is 0.244 e. The zero-order valence-electron chi connectivity index (χ0n) is 15.2. The largest absolute Gasteiger partial charge is 0.352 e. The normalized spacial score (nSPS) is 18.1. The highest BCUT2D eigenvalue weighted by Gasteiger charge is 2.30. The molecule has 146 valence electrons. The van der Waals surface area contributed by atoms with Crippen molar-refractivity contribution in [1.29, 1.82) is 0 Å². The number of hydrogen-bond donors (Lipinski definition) is 1. The highest BCUT2D eigenvalue weighted by Crippen LogP contribution is 2.28. The van der Waals surface area contributed by atoms with Crippen LogP contribution in [0.2, 0.25) is 5.02 Å². The molecular formula is C17H25BrClN3O3S. The molecule has 1 N–H and O–H groups in total. The Hall–Kier alpha value is -0.670. The minimum atomic E-state index is -3.64. The lowest BCUT2D eigenvalue weighted by Crippen LogP contribution is -2.52. The van der Waals surface area contributed by atoms with Crippen molar-refractivity contribution in [2.75, 3.05) is 32.7 Å². The van der Waals surface area contributed by atoms with E-state index < -0.39 is 10.0 Å². The smallest absolute Gasteiger partial charge is 0.244 e. The van der Waals surface area contributed by atoms with Gasteiger partial charge in [-0.25, -0.2) is 8.42 Å². The van der Waals surface area contributed by atoms with Gasteiger partial charge in [-0.2, -0.15) is 4.31 Å². The lowest BCUT2D eigenvalue weighted by molar-refractivity contribution is -0.123. The van der Waals surface area contributed by atoms with Gasteiger partial charge in [0.2, 0.25) is 15.9 Å². The minimum Gasteiger partial charge on any atom is -0.352 e. The van der Waals surface area contributed by atoms with E-state index in [9.17, 15) is 13.2 Å². The lowest BCUT2D eigenvalue weighted by Gasteiger charge is -2.34. The van der Waals surface area contributed by atoms with E-state index in [4.69, 9.17) is 11.6 Å². The molecule has 0 saturated carbocycles. The summed E-state index contributed by atoms with van der Waals surface area (Å²) in [7, 11) is -3.64. The number of rotatable bonds is 6. The van der Waals surface area contributed by atoms with Gasteiger partial charge in [-0.05, 0) is 31.0 Å². The van der Waals surface area contributed by atoms with Gasteiger partial charge >= 0.3 is 0 Å². The molecule has 1 aliphatic rings. The number of nitrogens with zero attached hydrogens (tertiary/aromatic N) is 2. The van der Waals surface area contributed by atoms with Crippen LogP contribution in [-0.4, -0.2) is 62.3 Å². The summed E-state index contributed by atoms with van der Waals surface area (Å²) in [4.78, 5) is 14.2. The molecule has 2 rings (SSSR count).